The second kappa shape index (κ2) is 4.84. The zero-order valence-electron chi connectivity index (χ0n) is 10.6. The Balaban J connectivity index is 1.88. The molecule has 0 radical (unpaired) electrons. The number of nitrogens with two attached hydrogens (primary N) is 1. The molecule has 0 bridgehead atoms. The van der Waals surface area contributed by atoms with Gasteiger partial charge in [-0.2, -0.15) is 0 Å². The van der Waals surface area contributed by atoms with Crippen LogP contribution in [0.2, 0.25) is 0 Å². The fourth-order valence-corrected chi connectivity index (χ4v) is 2.62. The van der Waals surface area contributed by atoms with E-state index in [2.05, 4.69) is 14.9 Å². The van der Waals surface area contributed by atoms with Crippen molar-refractivity contribution in [2.75, 3.05) is 18.0 Å². The number of anilines is 1. The number of primary amides is 1. The van der Waals surface area contributed by atoms with Gasteiger partial charge in [-0.25, -0.2) is 9.97 Å². The molecule has 1 amide bonds. The summed E-state index contributed by atoms with van der Waals surface area (Å²) in [6.45, 7) is 1.63. The molecule has 0 aliphatic carbocycles. The first-order valence-electron chi connectivity index (χ1n) is 6.49. The van der Waals surface area contributed by atoms with Crippen LogP contribution in [0.4, 0.5) is 5.82 Å². The molecule has 1 saturated heterocycles. The SMILES string of the molecule is NC(=O)C1CCN(c2ncnc3ccccc23)CC1. The van der Waals surface area contributed by atoms with Gasteiger partial charge < -0.3 is 10.6 Å². The van der Waals surface area contributed by atoms with Gasteiger partial charge in [-0.1, -0.05) is 12.1 Å². The molecule has 19 heavy (non-hydrogen) atoms. The number of nitrogens with zero attached hydrogens (tertiary/aromatic N) is 3. The smallest absolute Gasteiger partial charge is 0.220 e. The molecule has 5 heteroatoms. The lowest BCUT2D eigenvalue weighted by atomic mass is 9.96. The van der Waals surface area contributed by atoms with Crippen LogP contribution in [0.1, 0.15) is 12.8 Å². The van der Waals surface area contributed by atoms with Crippen LogP contribution in [0.15, 0.2) is 30.6 Å². The number of carbonyl (C=O) groups excluding carboxylic acids is 1. The number of benzene rings is 1. The number of hydrogen-bond acceptors (Lipinski definition) is 4. The molecular weight excluding hydrogens is 240 g/mol. The van der Waals surface area contributed by atoms with Crippen molar-refractivity contribution in [3.8, 4) is 0 Å². The number of hydrogen-bond donors (Lipinski definition) is 1. The van der Waals surface area contributed by atoms with E-state index in [4.69, 9.17) is 5.73 Å². The highest BCUT2D eigenvalue weighted by Crippen LogP contribution is 2.26. The first-order chi connectivity index (χ1) is 9.25. The molecule has 3 rings (SSSR count). The van der Waals surface area contributed by atoms with Crippen LogP contribution in [-0.4, -0.2) is 29.0 Å². The largest absolute Gasteiger partial charge is 0.369 e. The molecular formula is C14H16N4O. The molecule has 0 unspecified atom stereocenters. The maximum absolute atomic E-state index is 11.2. The molecule has 2 aromatic rings. The van der Waals surface area contributed by atoms with Crippen molar-refractivity contribution in [1.82, 2.24) is 9.97 Å². The van der Waals surface area contributed by atoms with Crippen LogP contribution in [0.25, 0.3) is 10.9 Å². The molecule has 1 fully saturated rings. The summed E-state index contributed by atoms with van der Waals surface area (Å²) in [4.78, 5) is 22.1. The van der Waals surface area contributed by atoms with E-state index < -0.39 is 0 Å². The Hall–Kier alpha value is -2.17. The van der Waals surface area contributed by atoms with Gasteiger partial charge in [-0.15, -0.1) is 0 Å². The summed E-state index contributed by atoms with van der Waals surface area (Å²) in [5, 5.41) is 1.06. The fraction of sp³-hybridized carbons (Fsp3) is 0.357. The van der Waals surface area contributed by atoms with Gasteiger partial charge in [-0.3, -0.25) is 4.79 Å². The predicted molar refractivity (Wildman–Crippen MR) is 73.7 cm³/mol. The molecule has 0 saturated carbocycles. The van der Waals surface area contributed by atoms with Crippen molar-refractivity contribution in [3.63, 3.8) is 0 Å². The molecule has 1 aromatic heterocycles. The molecule has 5 nitrogen and oxygen atoms in total. The van der Waals surface area contributed by atoms with E-state index in [0.717, 1.165) is 42.7 Å². The third-order valence-electron chi connectivity index (χ3n) is 3.72. The minimum absolute atomic E-state index is 0.00403. The van der Waals surface area contributed by atoms with E-state index in [9.17, 15) is 4.79 Å². The van der Waals surface area contributed by atoms with Gasteiger partial charge in [0.05, 0.1) is 5.52 Å². The molecule has 1 aliphatic rings. The normalized spacial score (nSPS) is 16.7. The Morgan fingerprint density at radius 2 is 1.95 bits per heavy atom. The number of piperidine rings is 1. The van der Waals surface area contributed by atoms with E-state index in [1.54, 1.807) is 6.33 Å². The second-order valence-electron chi connectivity index (χ2n) is 4.88. The molecule has 1 aliphatic heterocycles. The van der Waals surface area contributed by atoms with Crippen molar-refractivity contribution in [2.24, 2.45) is 11.7 Å². The Morgan fingerprint density at radius 3 is 2.68 bits per heavy atom. The van der Waals surface area contributed by atoms with Crippen molar-refractivity contribution >= 4 is 22.6 Å². The van der Waals surface area contributed by atoms with Crippen molar-refractivity contribution in [1.29, 1.82) is 0 Å². The second-order valence-corrected chi connectivity index (χ2v) is 4.88. The van der Waals surface area contributed by atoms with Gasteiger partial charge in [0.2, 0.25) is 5.91 Å². The molecule has 0 atom stereocenters. The fourth-order valence-electron chi connectivity index (χ4n) is 2.62. The highest BCUT2D eigenvalue weighted by Gasteiger charge is 2.24. The standard InChI is InChI=1S/C14H16N4O/c15-13(19)10-5-7-18(8-6-10)14-11-3-1-2-4-12(11)16-9-17-14/h1-4,9-10H,5-8H2,(H2,15,19). The lowest BCUT2D eigenvalue weighted by Gasteiger charge is -2.31. The Bertz CT molecular complexity index is 600. The molecule has 0 spiro atoms. The number of rotatable bonds is 2. The Labute approximate surface area is 111 Å². The highest BCUT2D eigenvalue weighted by molar-refractivity contribution is 5.89. The monoisotopic (exact) mass is 256 g/mol. The quantitative estimate of drug-likeness (QED) is 0.880. The first-order valence-corrected chi connectivity index (χ1v) is 6.49. The van der Waals surface area contributed by atoms with Crippen LogP contribution < -0.4 is 10.6 Å². The average molecular weight is 256 g/mol. The van der Waals surface area contributed by atoms with E-state index in [-0.39, 0.29) is 11.8 Å². The third kappa shape index (κ3) is 2.23. The van der Waals surface area contributed by atoms with Crippen LogP contribution in [0, 0.1) is 5.92 Å². The van der Waals surface area contributed by atoms with Gasteiger partial charge in [0, 0.05) is 24.4 Å². The average Bonchev–Trinajstić information content (AvgIpc) is 2.47. The molecule has 2 N–H and O–H groups in total. The maximum Gasteiger partial charge on any atom is 0.220 e. The highest BCUT2D eigenvalue weighted by atomic mass is 16.1. The summed E-state index contributed by atoms with van der Waals surface area (Å²) in [6, 6.07) is 7.98. The Morgan fingerprint density at radius 1 is 1.21 bits per heavy atom. The van der Waals surface area contributed by atoms with E-state index in [1.165, 1.54) is 0 Å². The predicted octanol–water partition coefficient (Wildman–Crippen LogP) is 1.33. The number of aromatic nitrogens is 2. The summed E-state index contributed by atoms with van der Waals surface area (Å²) >= 11 is 0. The van der Waals surface area contributed by atoms with Gasteiger partial charge in [-0.05, 0) is 25.0 Å². The lowest BCUT2D eigenvalue weighted by molar-refractivity contribution is -0.122. The number of para-hydroxylation sites is 1. The summed E-state index contributed by atoms with van der Waals surface area (Å²) < 4.78 is 0. The lowest BCUT2D eigenvalue weighted by Crippen LogP contribution is -2.39. The number of amides is 1. The summed E-state index contributed by atoms with van der Waals surface area (Å²) in [6.07, 6.45) is 3.19. The Kier molecular flexibility index (Phi) is 3.03. The summed E-state index contributed by atoms with van der Waals surface area (Å²) in [7, 11) is 0. The molecule has 1 aromatic carbocycles. The van der Waals surface area contributed by atoms with Crippen LogP contribution in [0.3, 0.4) is 0 Å². The van der Waals surface area contributed by atoms with Crippen molar-refractivity contribution in [2.45, 2.75) is 12.8 Å². The minimum Gasteiger partial charge on any atom is -0.369 e. The minimum atomic E-state index is -0.188. The molecule has 98 valence electrons. The topological polar surface area (TPSA) is 72.1 Å². The summed E-state index contributed by atoms with van der Waals surface area (Å²) in [5.41, 5.74) is 6.31. The number of fused-ring (bicyclic) bond motifs is 1. The van der Waals surface area contributed by atoms with E-state index in [0.29, 0.717) is 0 Å². The van der Waals surface area contributed by atoms with Crippen LogP contribution in [0.5, 0.6) is 0 Å². The first kappa shape index (κ1) is 11.9. The van der Waals surface area contributed by atoms with Gasteiger partial charge in [0.25, 0.3) is 0 Å². The van der Waals surface area contributed by atoms with Crippen LogP contribution in [-0.2, 0) is 4.79 Å². The maximum atomic E-state index is 11.2. The van der Waals surface area contributed by atoms with Gasteiger partial charge >= 0.3 is 0 Å². The van der Waals surface area contributed by atoms with Crippen molar-refractivity contribution in [3.05, 3.63) is 30.6 Å². The third-order valence-corrected chi connectivity index (χ3v) is 3.72. The zero-order valence-corrected chi connectivity index (χ0v) is 10.6. The van der Waals surface area contributed by atoms with Crippen molar-refractivity contribution < 1.29 is 4.79 Å². The number of carbonyl (C=O) groups is 1. The summed E-state index contributed by atoms with van der Waals surface area (Å²) in [5.74, 6) is 0.769. The van der Waals surface area contributed by atoms with Crippen LogP contribution >= 0.6 is 0 Å². The van der Waals surface area contributed by atoms with E-state index >= 15 is 0 Å². The molecule has 2 heterocycles. The zero-order chi connectivity index (χ0) is 13.2. The van der Waals surface area contributed by atoms with E-state index in [1.807, 2.05) is 24.3 Å². The van der Waals surface area contributed by atoms with Gasteiger partial charge in [0.1, 0.15) is 12.1 Å². The van der Waals surface area contributed by atoms with Gasteiger partial charge in [0.15, 0.2) is 0 Å².